The average Bonchev–Trinajstić information content (AvgIpc) is 3.40. The zero-order valence-corrected chi connectivity index (χ0v) is 23.0. The molecular formula is C35H25BN6. The summed E-state index contributed by atoms with van der Waals surface area (Å²) in [6.45, 7) is 0.737. The fourth-order valence-electron chi connectivity index (χ4n) is 6.91. The highest BCUT2D eigenvalue weighted by atomic mass is 15.4. The second-order valence-corrected chi connectivity index (χ2v) is 11.1. The Morgan fingerprint density at radius 1 is 0.595 bits per heavy atom. The molecule has 3 aliphatic heterocycles. The number of hydrogen-bond donors (Lipinski definition) is 0. The van der Waals surface area contributed by atoms with Crippen LogP contribution in [0.1, 0.15) is 0 Å². The van der Waals surface area contributed by atoms with Crippen molar-refractivity contribution in [2.75, 3.05) is 28.3 Å². The third kappa shape index (κ3) is 3.25. The van der Waals surface area contributed by atoms with Gasteiger partial charge in [0.25, 0.3) is 0 Å². The molecule has 3 aliphatic rings. The van der Waals surface area contributed by atoms with Crippen LogP contribution in [0.5, 0.6) is 0 Å². The Kier molecular flexibility index (Phi) is 4.87. The molecule has 2 aromatic heterocycles. The lowest BCUT2D eigenvalue weighted by Gasteiger charge is -2.43. The van der Waals surface area contributed by atoms with Gasteiger partial charge in [-0.05, 0) is 52.4 Å². The number of anilines is 5. The molecule has 0 aliphatic carbocycles. The van der Waals surface area contributed by atoms with Gasteiger partial charge >= 0.3 is 6.85 Å². The van der Waals surface area contributed by atoms with Crippen molar-refractivity contribution in [3.8, 4) is 33.5 Å². The molecule has 9 rings (SSSR count). The van der Waals surface area contributed by atoms with Crippen LogP contribution in [-0.2, 0) is 0 Å². The van der Waals surface area contributed by atoms with E-state index in [0.717, 1.165) is 28.6 Å². The van der Waals surface area contributed by atoms with Crippen LogP contribution >= 0.6 is 0 Å². The molecule has 4 aromatic carbocycles. The van der Waals surface area contributed by atoms with Gasteiger partial charge in [-0.1, -0.05) is 72.8 Å². The van der Waals surface area contributed by atoms with Crippen molar-refractivity contribution in [2.24, 2.45) is 0 Å². The van der Waals surface area contributed by atoms with Crippen LogP contribution in [0.3, 0.4) is 0 Å². The number of nitrogens with zero attached hydrogens (tertiary/aromatic N) is 6. The van der Waals surface area contributed by atoms with Crippen LogP contribution < -0.4 is 25.5 Å². The summed E-state index contributed by atoms with van der Waals surface area (Å²) in [6.07, 6.45) is 5.39. The predicted octanol–water partition coefficient (Wildman–Crippen LogP) is 5.99. The molecule has 0 atom stereocenters. The van der Waals surface area contributed by atoms with Crippen LogP contribution in [0.15, 0.2) is 122 Å². The van der Waals surface area contributed by atoms with E-state index in [1.807, 2.05) is 18.3 Å². The van der Waals surface area contributed by atoms with Crippen LogP contribution in [-0.4, -0.2) is 35.5 Å². The lowest BCUT2D eigenvalue weighted by atomic mass is 9.43. The maximum atomic E-state index is 4.71. The van der Waals surface area contributed by atoms with Gasteiger partial charge in [0.1, 0.15) is 0 Å². The molecule has 0 amide bonds. The average molecular weight is 540 g/mol. The molecule has 0 radical (unpaired) electrons. The number of aromatic nitrogens is 3. The molecule has 0 bridgehead atoms. The van der Waals surface area contributed by atoms with E-state index in [-0.39, 0.29) is 6.85 Å². The summed E-state index contributed by atoms with van der Waals surface area (Å²) in [5.41, 5.74) is 13.2. The Balaban J connectivity index is 1.31. The molecule has 198 valence electrons. The molecule has 42 heavy (non-hydrogen) atoms. The molecule has 7 heteroatoms. The summed E-state index contributed by atoms with van der Waals surface area (Å²) in [5.74, 6) is 1.78. The fraction of sp³-hybridized carbons (Fsp3) is 0.0571. The maximum absolute atomic E-state index is 4.71. The van der Waals surface area contributed by atoms with E-state index < -0.39 is 0 Å². The van der Waals surface area contributed by atoms with Crippen molar-refractivity contribution in [3.05, 3.63) is 122 Å². The second kappa shape index (κ2) is 8.79. The first-order chi connectivity index (χ1) is 20.8. The van der Waals surface area contributed by atoms with Crippen LogP contribution in [0.4, 0.5) is 28.7 Å². The summed E-state index contributed by atoms with van der Waals surface area (Å²) in [5, 5.41) is 0. The van der Waals surface area contributed by atoms with E-state index in [4.69, 9.17) is 4.98 Å². The van der Waals surface area contributed by atoms with Gasteiger partial charge in [-0.3, -0.25) is 4.98 Å². The maximum Gasteiger partial charge on any atom is 0.329 e. The van der Waals surface area contributed by atoms with Crippen molar-refractivity contribution >= 4 is 46.5 Å². The Morgan fingerprint density at radius 3 is 2.00 bits per heavy atom. The molecule has 0 saturated heterocycles. The van der Waals surface area contributed by atoms with Gasteiger partial charge in [-0.2, -0.15) is 0 Å². The molecule has 0 N–H and O–H groups in total. The Hall–Kier alpha value is -5.43. The van der Waals surface area contributed by atoms with E-state index >= 15 is 0 Å². The second-order valence-electron chi connectivity index (χ2n) is 11.1. The summed E-state index contributed by atoms with van der Waals surface area (Å²) in [6, 6.07) is 37.4. The monoisotopic (exact) mass is 540 g/mol. The minimum Gasteiger partial charge on any atom is -0.376 e. The van der Waals surface area contributed by atoms with Gasteiger partial charge in [0.05, 0.1) is 12.4 Å². The number of hydrogen-bond acceptors (Lipinski definition) is 6. The van der Waals surface area contributed by atoms with E-state index in [1.54, 1.807) is 12.4 Å². The van der Waals surface area contributed by atoms with Gasteiger partial charge in [-0.25, -0.2) is 9.97 Å². The van der Waals surface area contributed by atoms with E-state index in [2.05, 4.69) is 123 Å². The Labute approximate surface area is 244 Å². The van der Waals surface area contributed by atoms with Crippen molar-refractivity contribution in [1.82, 2.24) is 15.0 Å². The van der Waals surface area contributed by atoms with E-state index in [9.17, 15) is 0 Å². The molecule has 6 nitrogen and oxygen atoms in total. The molecular weight excluding hydrogens is 515 g/mol. The van der Waals surface area contributed by atoms with Crippen molar-refractivity contribution in [3.63, 3.8) is 0 Å². The number of benzene rings is 4. The highest BCUT2D eigenvalue weighted by Gasteiger charge is 2.42. The fourth-order valence-corrected chi connectivity index (χ4v) is 6.91. The van der Waals surface area contributed by atoms with Gasteiger partial charge in [0.15, 0.2) is 11.6 Å². The minimum atomic E-state index is 0.0416. The molecule has 5 heterocycles. The van der Waals surface area contributed by atoms with Gasteiger partial charge in [-0.15, -0.1) is 0 Å². The molecule has 0 saturated carbocycles. The largest absolute Gasteiger partial charge is 0.376 e. The summed E-state index contributed by atoms with van der Waals surface area (Å²) in [7, 11) is 2.06. The lowest BCUT2D eigenvalue weighted by Crippen LogP contribution is -2.59. The zero-order valence-electron chi connectivity index (χ0n) is 23.0. The topological polar surface area (TPSA) is 48.4 Å². The van der Waals surface area contributed by atoms with E-state index in [1.165, 1.54) is 44.6 Å². The smallest absolute Gasteiger partial charge is 0.329 e. The molecule has 6 aromatic rings. The molecule has 0 unspecified atom stereocenters. The Bertz CT molecular complexity index is 2030. The van der Waals surface area contributed by atoms with Gasteiger partial charge in [0.2, 0.25) is 0 Å². The van der Waals surface area contributed by atoms with Crippen molar-refractivity contribution in [2.45, 2.75) is 0 Å². The molecule has 0 spiro atoms. The summed E-state index contributed by atoms with van der Waals surface area (Å²) >= 11 is 0. The molecule has 0 fully saturated rings. The first kappa shape index (κ1) is 23.3. The summed E-state index contributed by atoms with van der Waals surface area (Å²) < 4.78 is 0. The van der Waals surface area contributed by atoms with Gasteiger partial charge in [0, 0.05) is 59.4 Å². The highest BCUT2D eigenvalue weighted by molar-refractivity contribution is 6.92. The normalized spacial score (nSPS) is 14.0. The van der Waals surface area contributed by atoms with Crippen molar-refractivity contribution in [1.29, 1.82) is 0 Å². The van der Waals surface area contributed by atoms with Crippen LogP contribution in [0.25, 0.3) is 33.5 Å². The standard InChI is InChI=1S/C35H25BN6/c1-40-22-41(35-34(40)38-18-19-39-35)24-14-16-28-26-9-3-5-11-30(26)36-29-10-4-2-8-25(29)27-15-13-23(31-12-6-7-17-37-31)20-32(27)42(36)33(28)21-24/h2-21H,22H2,1H3. The quantitative estimate of drug-likeness (QED) is 0.252. The number of rotatable bonds is 2. The van der Waals surface area contributed by atoms with E-state index in [0.29, 0.717) is 6.67 Å². The summed E-state index contributed by atoms with van der Waals surface area (Å²) in [4.78, 5) is 20.9. The van der Waals surface area contributed by atoms with Gasteiger partial charge < -0.3 is 14.6 Å². The Morgan fingerprint density at radius 2 is 1.26 bits per heavy atom. The number of fused-ring (bicyclic) bond motifs is 12. The zero-order chi connectivity index (χ0) is 27.8. The van der Waals surface area contributed by atoms with Crippen molar-refractivity contribution < 1.29 is 0 Å². The van der Waals surface area contributed by atoms with Crippen LogP contribution in [0, 0.1) is 0 Å². The third-order valence-corrected chi connectivity index (χ3v) is 8.75. The lowest BCUT2D eigenvalue weighted by molar-refractivity contribution is 0.935. The predicted molar refractivity (Wildman–Crippen MR) is 172 cm³/mol. The number of pyridine rings is 1. The third-order valence-electron chi connectivity index (χ3n) is 8.75. The van der Waals surface area contributed by atoms with Crippen LogP contribution in [0.2, 0.25) is 0 Å². The highest BCUT2D eigenvalue weighted by Crippen LogP contribution is 2.49. The first-order valence-electron chi connectivity index (χ1n) is 14.2. The first-order valence-corrected chi connectivity index (χ1v) is 14.2. The minimum absolute atomic E-state index is 0.0416. The SMILES string of the molecule is CN1CN(c2ccc3c(c2)N2B(c4ccccc4-c4ccc(-c5ccccn5)cc42)c2ccccc2-3)c2nccnc21.